The van der Waals surface area contributed by atoms with Gasteiger partial charge in [0.25, 0.3) is 0 Å². The number of benzene rings is 1. The number of nitrogens with one attached hydrogen (secondary N) is 1. The zero-order chi connectivity index (χ0) is 14.8. The van der Waals surface area contributed by atoms with Crippen LogP contribution in [0.25, 0.3) is 0 Å². The molecule has 0 unspecified atom stereocenters. The van der Waals surface area contributed by atoms with Crippen LogP contribution in [0.5, 0.6) is 0 Å². The fourth-order valence-corrected chi connectivity index (χ4v) is 3.90. The largest absolute Gasteiger partial charge is 0.355 e. The first-order chi connectivity index (χ1) is 9.37. The smallest absolute Gasteiger partial charge is 0.233 e. The standard InChI is InChI=1S/C16H24N2OS/c1-16(2,11-18(3)4)10-17-15(19)14-9-12-7-5-6-8-13(12)20-14/h5-8,14H,9-11H2,1-4H3,(H,17,19)/t14-/m1/s1. The Morgan fingerprint density at radius 3 is 2.75 bits per heavy atom. The first-order valence-electron chi connectivity index (χ1n) is 7.04. The third kappa shape index (κ3) is 4.00. The molecule has 1 N–H and O–H groups in total. The molecule has 20 heavy (non-hydrogen) atoms. The second-order valence-corrected chi connectivity index (χ2v) is 7.78. The minimum Gasteiger partial charge on any atom is -0.355 e. The van der Waals surface area contributed by atoms with Gasteiger partial charge in [-0.15, -0.1) is 11.8 Å². The number of carbonyl (C=O) groups excluding carboxylic acids is 1. The summed E-state index contributed by atoms with van der Waals surface area (Å²) in [5.41, 5.74) is 1.39. The van der Waals surface area contributed by atoms with Crippen LogP contribution in [0.4, 0.5) is 0 Å². The number of fused-ring (bicyclic) bond motifs is 1. The lowest BCUT2D eigenvalue weighted by Crippen LogP contribution is -2.42. The molecule has 0 fully saturated rings. The van der Waals surface area contributed by atoms with Crippen molar-refractivity contribution >= 4 is 17.7 Å². The predicted molar refractivity (Wildman–Crippen MR) is 85.1 cm³/mol. The van der Waals surface area contributed by atoms with Gasteiger partial charge in [0.1, 0.15) is 0 Å². The van der Waals surface area contributed by atoms with Crippen molar-refractivity contribution in [2.45, 2.75) is 30.4 Å². The molecule has 0 aromatic heterocycles. The lowest BCUT2D eigenvalue weighted by Gasteiger charge is -2.28. The van der Waals surface area contributed by atoms with E-state index in [1.165, 1.54) is 10.5 Å². The number of thioether (sulfide) groups is 1. The Kier molecular flexibility index (Phi) is 4.76. The van der Waals surface area contributed by atoms with Gasteiger partial charge in [0.2, 0.25) is 5.91 Å². The summed E-state index contributed by atoms with van der Waals surface area (Å²) in [6, 6.07) is 8.29. The molecule has 1 atom stereocenters. The third-order valence-corrected chi connectivity index (χ3v) is 4.74. The molecule has 2 rings (SSSR count). The molecule has 1 amide bonds. The van der Waals surface area contributed by atoms with Crippen LogP contribution in [-0.4, -0.2) is 43.2 Å². The molecule has 1 aliphatic rings. The summed E-state index contributed by atoms with van der Waals surface area (Å²) < 4.78 is 0. The van der Waals surface area contributed by atoms with E-state index in [1.807, 2.05) is 12.1 Å². The SMILES string of the molecule is CN(C)CC(C)(C)CNC(=O)[C@H]1Cc2ccccc2S1. The molecule has 0 saturated carbocycles. The van der Waals surface area contributed by atoms with Crippen molar-refractivity contribution in [3.63, 3.8) is 0 Å². The first kappa shape index (κ1) is 15.4. The summed E-state index contributed by atoms with van der Waals surface area (Å²) in [5, 5.41) is 3.15. The van der Waals surface area contributed by atoms with Crippen molar-refractivity contribution in [2.75, 3.05) is 27.2 Å². The number of carbonyl (C=O) groups is 1. The molecule has 110 valence electrons. The van der Waals surface area contributed by atoms with E-state index in [9.17, 15) is 4.79 Å². The molecule has 1 heterocycles. The summed E-state index contributed by atoms with van der Waals surface area (Å²) in [5.74, 6) is 0.165. The lowest BCUT2D eigenvalue weighted by atomic mass is 9.93. The quantitative estimate of drug-likeness (QED) is 0.904. The Balaban J connectivity index is 1.85. The van der Waals surface area contributed by atoms with E-state index in [0.29, 0.717) is 0 Å². The topological polar surface area (TPSA) is 32.3 Å². The second kappa shape index (κ2) is 6.19. The summed E-state index contributed by atoms with van der Waals surface area (Å²) in [7, 11) is 4.13. The van der Waals surface area contributed by atoms with Crippen molar-refractivity contribution in [2.24, 2.45) is 5.41 Å². The van der Waals surface area contributed by atoms with Gasteiger partial charge in [-0.1, -0.05) is 32.0 Å². The van der Waals surface area contributed by atoms with Crippen molar-refractivity contribution in [1.29, 1.82) is 0 Å². The van der Waals surface area contributed by atoms with Crippen LogP contribution < -0.4 is 5.32 Å². The number of nitrogens with zero attached hydrogens (tertiary/aromatic N) is 1. The monoisotopic (exact) mass is 292 g/mol. The minimum atomic E-state index is 0.0301. The highest BCUT2D eigenvalue weighted by Crippen LogP contribution is 2.36. The Morgan fingerprint density at radius 2 is 2.10 bits per heavy atom. The normalized spacial score (nSPS) is 18.1. The average Bonchev–Trinajstić information content (AvgIpc) is 2.78. The fourth-order valence-electron chi connectivity index (χ4n) is 2.68. The Bertz CT molecular complexity index is 460. The van der Waals surface area contributed by atoms with E-state index in [2.05, 4.69) is 50.3 Å². The summed E-state index contributed by atoms with van der Waals surface area (Å²) >= 11 is 1.69. The molecule has 4 heteroatoms. The molecular weight excluding hydrogens is 268 g/mol. The number of hydrogen-bond acceptors (Lipinski definition) is 3. The Labute approximate surface area is 126 Å². The van der Waals surface area contributed by atoms with Gasteiger partial charge < -0.3 is 10.2 Å². The highest BCUT2D eigenvalue weighted by Gasteiger charge is 2.29. The maximum absolute atomic E-state index is 12.3. The Morgan fingerprint density at radius 1 is 1.40 bits per heavy atom. The molecule has 1 aromatic carbocycles. The molecule has 0 saturated heterocycles. The van der Waals surface area contributed by atoms with Gasteiger partial charge in [-0.2, -0.15) is 0 Å². The lowest BCUT2D eigenvalue weighted by molar-refractivity contribution is -0.121. The van der Waals surface area contributed by atoms with E-state index in [0.717, 1.165) is 19.5 Å². The fraction of sp³-hybridized carbons (Fsp3) is 0.562. The zero-order valence-corrected chi connectivity index (χ0v) is 13.6. The van der Waals surface area contributed by atoms with E-state index in [-0.39, 0.29) is 16.6 Å². The maximum Gasteiger partial charge on any atom is 0.233 e. The van der Waals surface area contributed by atoms with E-state index >= 15 is 0 Å². The molecule has 0 bridgehead atoms. The summed E-state index contributed by atoms with van der Waals surface area (Å²) in [6.07, 6.45) is 0.848. The van der Waals surface area contributed by atoms with Gasteiger partial charge in [-0.25, -0.2) is 0 Å². The van der Waals surface area contributed by atoms with Crippen LogP contribution >= 0.6 is 11.8 Å². The zero-order valence-electron chi connectivity index (χ0n) is 12.8. The molecule has 0 spiro atoms. The highest BCUT2D eigenvalue weighted by atomic mass is 32.2. The number of amides is 1. The molecule has 0 aliphatic carbocycles. The van der Waals surface area contributed by atoms with Gasteiger partial charge in [0.05, 0.1) is 5.25 Å². The number of hydrogen-bond donors (Lipinski definition) is 1. The van der Waals surface area contributed by atoms with Crippen LogP contribution in [-0.2, 0) is 11.2 Å². The van der Waals surface area contributed by atoms with Crippen molar-refractivity contribution in [1.82, 2.24) is 10.2 Å². The molecule has 3 nitrogen and oxygen atoms in total. The second-order valence-electron chi connectivity index (χ2n) is 6.54. The van der Waals surface area contributed by atoms with Gasteiger partial charge in [0, 0.05) is 18.0 Å². The molecule has 0 radical (unpaired) electrons. The maximum atomic E-state index is 12.3. The molecular formula is C16H24N2OS. The van der Waals surface area contributed by atoms with Crippen LogP contribution in [0.15, 0.2) is 29.2 Å². The predicted octanol–water partition coefficient (Wildman–Crippen LogP) is 2.41. The first-order valence-corrected chi connectivity index (χ1v) is 7.92. The van der Waals surface area contributed by atoms with Crippen molar-refractivity contribution < 1.29 is 4.79 Å². The van der Waals surface area contributed by atoms with E-state index in [1.54, 1.807) is 11.8 Å². The molecule has 1 aromatic rings. The minimum absolute atomic E-state index is 0.0301. The van der Waals surface area contributed by atoms with Gasteiger partial charge in [0.15, 0.2) is 0 Å². The van der Waals surface area contributed by atoms with E-state index in [4.69, 9.17) is 0 Å². The number of rotatable bonds is 5. The summed E-state index contributed by atoms with van der Waals surface area (Å²) in [4.78, 5) is 15.7. The van der Waals surface area contributed by atoms with Crippen LogP contribution in [0.1, 0.15) is 19.4 Å². The average molecular weight is 292 g/mol. The third-order valence-electron chi connectivity index (χ3n) is 3.43. The summed E-state index contributed by atoms with van der Waals surface area (Å²) in [6.45, 7) is 6.05. The van der Waals surface area contributed by atoms with Crippen LogP contribution in [0.3, 0.4) is 0 Å². The Hall–Kier alpha value is -1.00. The van der Waals surface area contributed by atoms with Gasteiger partial charge >= 0.3 is 0 Å². The molecule has 1 aliphatic heterocycles. The van der Waals surface area contributed by atoms with Crippen molar-refractivity contribution in [3.05, 3.63) is 29.8 Å². The van der Waals surface area contributed by atoms with Gasteiger partial charge in [-0.3, -0.25) is 4.79 Å². The van der Waals surface area contributed by atoms with Crippen LogP contribution in [0.2, 0.25) is 0 Å². The highest BCUT2D eigenvalue weighted by molar-refractivity contribution is 8.01. The van der Waals surface area contributed by atoms with Gasteiger partial charge in [-0.05, 0) is 37.6 Å². The van der Waals surface area contributed by atoms with E-state index < -0.39 is 0 Å². The van der Waals surface area contributed by atoms with Crippen molar-refractivity contribution in [3.8, 4) is 0 Å². The van der Waals surface area contributed by atoms with Crippen LogP contribution in [0, 0.1) is 5.41 Å².